The van der Waals surface area contributed by atoms with Gasteiger partial charge in [-0.05, 0) is 48.1 Å². The van der Waals surface area contributed by atoms with E-state index in [0.717, 1.165) is 11.3 Å². The highest BCUT2D eigenvalue weighted by Gasteiger charge is 2.53. The topological polar surface area (TPSA) is 139 Å². The maximum absolute atomic E-state index is 14.1. The number of anilines is 2. The number of hydrogen-bond acceptors (Lipinski definition) is 8. The van der Waals surface area contributed by atoms with Gasteiger partial charge in [-0.25, -0.2) is 8.42 Å². The van der Waals surface area contributed by atoms with Crippen LogP contribution in [0.3, 0.4) is 0 Å². The summed E-state index contributed by atoms with van der Waals surface area (Å²) in [6.07, 6.45) is 2.44. The minimum Gasteiger partial charge on any atom is -0.341 e. The van der Waals surface area contributed by atoms with E-state index < -0.39 is 37.2 Å². The molecule has 2 aliphatic rings. The van der Waals surface area contributed by atoms with Crippen LogP contribution in [0.2, 0.25) is 0 Å². The second kappa shape index (κ2) is 10.00. The van der Waals surface area contributed by atoms with Crippen molar-refractivity contribution < 1.29 is 26.4 Å². The van der Waals surface area contributed by atoms with Crippen molar-refractivity contribution in [1.82, 2.24) is 0 Å². The fourth-order valence-electron chi connectivity index (χ4n) is 5.53. The summed E-state index contributed by atoms with van der Waals surface area (Å²) in [6.45, 7) is 3.94. The van der Waals surface area contributed by atoms with Crippen molar-refractivity contribution in [3.63, 3.8) is 0 Å². The number of sulfonamides is 2. The molecule has 0 spiro atoms. The summed E-state index contributed by atoms with van der Waals surface area (Å²) in [4.78, 5) is 27.5. The first-order valence-electron chi connectivity index (χ1n) is 12.5. The molecule has 5 rings (SSSR count). The Balaban J connectivity index is 1.55. The number of fused-ring (bicyclic) bond motifs is 2. The average Bonchev–Trinajstić information content (AvgIpc) is 3.44. The number of amidine groups is 1. The molecule has 0 saturated carbocycles. The lowest BCUT2D eigenvalue weighted by Crippen LogP contribution is -2.52. The van der Waals surface area contributed by atoms with Gasteiger partial charge in [0.05, 0.1) is 16.8 Å². The Morgan fingerprint density at radius 3 is 2.41 bits per heavy atom. The summed E-state index contributed by atoms with van der Waals surface area (Å²) >= 11 is 1.03. The monoisotopic (exact) mass is 585 g/mol. The van der Waals surface area contributed by atoms with Gasteiger partial charge < -0.3 is 5.32 Å². The lowest BCUT2D eigenvalue weighted by atomic mass is 9.60. The largest absolute Gasteiger partial charge is 0.341 e. The third-order valence-corrected chi connectivity index (χ3v) is 11.2. The van der Waals surface area contributed by atoms with Gasteiger partial charge in [0, 0.05) is 5.56 Å². The molecule has 1 unspecified atom stereocenters. The van der Waals surface area contributed by atoms with Crippen LogP contribution in [-0.2, 0) is 30.3 Å². The van der Waals surface area contributed by atoms with Crippen molar-refractivity contribution in [1.29, 1.82) is 0 Å². The van der Waals surface area contributed by atoms with Gasteiger partial charge in [-0.3, -0.25) is 14.3 Å². The van der Waals surface area contributed by atoms with Gasteiger partial charge in [0.1, 0.15) is 20.9 Å². The van der Waals surface area contributed by atoms with E-state index in [1.54, 1.807) is 29.6 Å². The number of Topliss-reactive ketones (excluding diaryl/α,β-unsaturated/α-hetero) is 2. The van der Waals surface area contributed by atoms with Crippen LogP contribution in [0.1, 0.15) is 55.5 Å². The molecule has 2 heterocycles. The zero-order chi connectivity index (χ0) is 28.0. The standard InChI is InChI=1S/C27H27N3O6S3/c1-3-13-27(14-4-2)19-9-6-5-8-18(19)24(31)23(25(27)32)26-28-20-12-11-17(16-21(20)38(33,34)30-26)29-39(35,36)22-10-7-15-37-22/h5-12,15-16,23,29H,3-4,13-14H2,1-2H3,(H,28,30). The molecule has 0 fully saturated rings. The first kappa shape index (κ1) is 27.2. The van der Waals surface area contributed by atoms with E-state index in [1.807, 2.05) is 19.9 Å². The van der Waals surface area contributed by atoms with Crippen molar-refractivity contribution in [3.05, 3.63) is 71.1 Å². The molecular formula is C27H27N3O6S3. The Hall–Kier alpha value is -3.35. The van der Waals surface area contributed by atoms with Gasteiger partial charge in [0.25, 0.3) is 20.0 Å². The van der Waals surface area contributed by atoms with E-state index in [1.165, 1.54) is 24.3 Å². The zero-order valence-electron chi connectivity index (χ0n) is 21.3. The number of carbonyl (C=O) groups is 2. The summed E-state index contributed by atoms with van der Waals surface area (Å²) in [7, 11) is -8.27. The Morgan fingerprint density at radius 1 is 1.03 bits per heavy atom. The number of thiophene rings is 1. The first-order chi connectivity index (χ1) is 18.5. The van der Waals surface area contributed by atoms with Crippen molar-refractivity contribution in [2.75, 3.05) is 10.0 Å². The van der Waals surface area contributed by atoms with Crippen molar-refractivity contribution in [2.45, 2.75) is 54.1 Å². The van der Waals surface area contributed by atoms with E-state index in [2.05, 4.69) is 14.4 Å². The normalized spacial score (nSPS) is 19.4. The van der Waals surface area contributed by atoms with Gasteiger partial charge in [-0.1, -0.05) is 57.0 Å². The molecule has 0 radical (unpaired) electrons. The molecule has 2 aromatic carbocycles. The lowest BCUT2D eigenvalue weighted by Gasteiger charge is -2.41. The Labute approximate surface area is 231 Å². The second-order valence-corrected chi connectivity index (χ2v) is 14.0. The summed E-state index contributed by atoms with van der Waals surface area (Å²) in [5.74, 6) is -2.50. The van der Waals surface area contributed by atoms with Crippen molar-refractivity contribution in [3.8, 4) is 0 Å². The third kappa shape index (κ3) is 4.60. The van der Waals surface area contributed by atoms with Gasteiger partial charge in [-0.2, -0.15) is 8.42 Å². The number of hydrogen-bond donors (Lipinski definition) is 2. The summed E-state index contributed by atoms with van der Waals surface area (Å²) < 4.78 is 58.2. The fraction of sp³-hybridized carbons (Fsp3) is 0.296. The number of rotatable bonds is 8. The van der Waals surface area contributed by atoms with Crippen LogP contribution in [0.5, 0.6) is 0 Å². The Bertz CT molecular complexity index is 1700. The zero-order valence-corrected chi connectivity index (χ0v) is 23.8. The van der Waals surface area contributed by atoms with Gasteiger partial charge in [0.15, 0.2) is 11.6 Å². The molecule has 1 atom stereocenters. The predicted octanol–water partition coefficient (Wildman–Crippen LogP) is 4.98. The molecule has 12 heteroatoms. The first-order valence-corrected chi connectivity index (χ1v) is 16.3. The highest BCUT2D eigenvalue weighted by atomic mass is 32.2. The summed E-state index contributed by atoms with van der Waals surface area (Å²) in [5.41, 5.74) is 0.291. The molecule has 3 aromatic rings. The molecular weight excluding hydrogens is 559 g/mol. The van der Waals surface area contributed by atoms with Crippen LogP contribution in [0.4, 0.5) is 11.4 Å². The van der Waals surface area contributed by atoms with Gasteiger partial charge in [-0.15, -0.1) is 15.7 Å². The van der Waals surface area contributed by atoms with E-state index >= 15 is 0 Å². The molecule has 9 nitrogen and oxygen atoms in total. The summed E-state index contributed by atoms with van der Waals surface area (Å²) in [5, 5.41) is 4.53. The molecule has 0 amide bonds. The fourth-order valence-corrected chi connectivity index (χ4v) is 8.75. The number of nitrogens with zero attached hydrogens (tertiary/aromatic N) is 1. The van der Waals surface area contributed by atoms with E-state index in [-0.39, 0.29) is 32.1 Å². The molecule has 1 aliphatic heterocycles. The average molecular weight is 586 g/mol. The van der Waals surface area contributed by atoms with Crippen LogP contribution in [0.25, 0.3) is 0 Å². The SMILES string of the molecule is CCCC1(CCC)C(=O)C(C2=NS(=O)(=O)c3cc(NS(=O)(=O)c4cccs4)ccc3N2)C(=O)c2ccccc21. The molecule has 1 aliphatic carbocycles. The van der Waals surface area contributed by atoms with Crippen LogP contribution in [-0.4, -0.2) is 34.2 Å². The maximum Gasteiger partial charge on any atom is 0.286 e. The predicted molar refractivity (Wildman–Crippen MR) is 151 cm³/mol. The molecule has 39 heavy (non-hydrogen) atoms. The molecule has 2 N–H and O–H groups in total. The second-order valence-electron chi connectivity index (χ2n) is 9.61. The number of benzene rings is 2. The van der Waals surface area contributed by atoms with Crippen LogP contribution >= 0.6 is 11.3 Å². The highest BCUT2D eigenvalue weighted by molar-refractivity contribution is 7.94. The smallest absolute Gasteiger partial charge is 0.286 e. The maximum atomic E-state index is 14.1. The molecule has 0 bridgehead atoms. The van der Waals surface area contributed by atoms with Gasteiger partial charge >= 0.3 is 0 Å². The minimum absolute atomic E-state index is 0.0369. The van der Waals surface area contributed by atoms with Crippen molar-refractivity contribution in [2.24, 2.45) is 10.3 Å². The molecule has 1 aromatic heterocycles. The van der Waals surface area contributed by atoms with E-state index in [0.29, 0.717) is 36.8 Å². The molecule has 0 saturated heterocycles. The van der Waals surface area contributed by atoms with Crippen LogP contribution in [0, 0.1) is 5.92 Å². The van der Waals surface area contributed by atoms with E-state index in [9.17, 15) is 26.4 Å². The number of ketones is 2. The lowest BCUT2D eigenvalue weighted by molar-refractivity contribution is -0.126. The third-order valence-electron chi connectivity index (χ3n) is 7.08. The Kier molecular flexibility index (Phi) is 6.98. The quantitative estimate of drug-likeness (QED) is 0.356. The van der Waals surface area contributed by atoms with E-state index in [4.69, 9.17) is 0 Å². The number of nitrogens with one attached hydrogen (secondary N) is 2. The Morgan fingerprint density at radius 2 is 1.74 bits per heavy atom. The summed E-state index contributed by atoms with van der Waals surface area (Å²) in [6, 6.07) is 14.0. The number of carbonyl (C=O) groups excluding carboxylic acids is 2. The minimum atomic E-state index is -4.37. The highest BCUT2D eigenvalue weighted by Crippen LogP contribution is 2.45. The van der Waals surface area contributed by atoms with Crippen molar-refractivity contribution >= 4 is 60.2 Å². The van der Waals surface area contributed by atoms with Gasteiger partial charge in [0.2, 0.25) is 0 Å². The van der Waals surface area contributed by atoms with Crippen LogP contribution < -0.4 is 10.0 Å². The van der Waals surface area contributed by atoms with Crippen LogP contribution in [0.15, 0.2) is 73.5 Å². The molecule has 204 valence electrons.